The molecule has 0 unspecified atom stereocenters. The molecule has 2 heterocycles. The van der Waals surface area contributed by atoms with E-state index in [-0.39, 0.29) is 24.6 Å². The summed E-state index contributed by atoms with van der Waals surface area (Å²) in [6.07, 6.45) is 1.38. The summed E-state index contributed by atoms with van der Waals surface area (Å²) in [6, 6.07) is 15.9. The SMILES string of the molecule is OC(O)c1ccnc(-n2nccc2OCc2ccc(Cl)cc2OCc2ccc(F)cc2)c1. The predicted molar refractivity (Wildman–Crippen MR) is 115 cm³/mol. The highest BCUT2D eigenvalue weighted by Crippen LogP contribution is 2.27. The van der Waals surface area contributed by atoms with Gasteiger partial charge < -0.3 is 19.7 Å². The van der Waals surface area contributed by atoms with Crippen LogP contribution in [-0.2, 0) is 13.2 Å². The number of aliphatic hydroxyl groups excluding tert-OH is 1. The lowest BCUT2D eigenvalue weighted by atomic mass is 10.2. The van der Waals surface area contributed by atoms with Gasteiger partial charge in [0.2, 0.25) is 5.88 Å². The number of pyridine rings is 1. The average Bonchev–Trinajstić information content (AvgIpc) is 3.27. The molecule has 32 heavy (non-hydrogen) atoms. The van der Waals surface area contributed by atoms with Gasteiger partial charge in [-0.25, -0.2) is 9.37 Å². The maximum absolute atomic E-state index is 13.1. The molecule has 4 rings (SSSR count). The molecule has 0 spiro atoms. The van der Waals surface area contributed by atoms with Crippen molar-refractivity contribution < 1.29 is 24.1 Å². The van der Waals surface area contributed by atoms with Crippen molar-refractivity contribution in [2.24, 2.45) is 0 Å². The van der Waals surface area contributed by atoms with Crippen LogP contribution in [0.3, 0.4) is 0 Å². The van der Waals surface area contributed by atoms with Crippen molar-refractivity contribution in [1.82, 2.24) is 14.8 Å². The minimum Gasteiger partial charge on any atom is -0.488 e. The molecule has 0 saturated heterocycles. The normalized spacial score (nSPS) is 11.0. The number of benzene rings is 2. The number of hydrogen-bond acceptors (Lipinski definition) is 6. The molecule has 0 fully saturated rings. The fourth-order valence-electron chi connectivity index (χ4n) is 2.96. The van der Waals surface area contributed by atoms with Crippen LogP contribution in [0.5, 0.6) is 11.6 Å². The van der Waals surface area contributed by atoms with E-state index in [0.717, 1.165) is 11.1 Å². The van der Waals surface area contributed by atoms with Gasteiger partial charge in [0.1, 0.15) is 24.8 Å². The van der Waals surface area contributed by atoms with Crippen LogP contribution in [0.25, 0.3) is 5.82 Å². The fraction of sp³-hybridized carbons (Fsp3) is 0.130. The number of aliphatic hydroxyl groups is 2. The Bertz CT molecular complexity index is 1200. The zero-order valence-corrected chi connectivity index (χ0v) is 17.5. The van der Waals surface area contributed by atoms with Gasteiger partial charge >= 0.3 is 0 Å². The lowest BCUT2D eigenvalue weighted by molar-refractivity contribution is -0.0425. The molecular weight excluding hydrogens is 437 g/mol. The molecule has 4 aromatic rings. The molecule has 0 saturated carbocycles. The predicted octanol–water partition coefficient (Wildman–Crippen LogP) is 4.20. The second-order valence-electron chi connectivity index (χ2n) is 6.86. The first-order valence-corrected chi connectivity index (χ1v) is 10.0. The van der Waals surface area contributed by atoms with Gasteiger partial charge in [0.05, 0.1) is 6.20 Å². The van der Waals surface area contributed by atoms with E-state index in [1.807, 2.05) is 0 Å². The molecular formula is C23H19ClFN3O4. The molecule has 0 amide bonds. The monoisotopic (exact) mass is 455 g/mol. The van der Waals surface area contributed by atoms with E-state index in [0.29, 0.717) is 22.5 Å². The third-order valence-corrected chi connectivity index (χ3v) is 4.84. The first-order chi connectivity index (χ1) is 15.5. The Balaban J connectivity index is 1.50. The van der Waals surface area contributed by atoms with Crippen LogP contribution in [0.4, 0.5) is 4.39 Å². The second kappa shape index (κ2) is 9.78. The third kappa shape index (κ3) is 5.23. The van der Waals surface area contributed by atoms with Gasteiger partial charge in [0.15, 0.2) is 12.1 Å². The summed E-state index contributed by atoms with van der Waals surface area (Å²) < 4.78 is 26.4. The lowest BCUT2D eigenvalue weighted by Gasteiger charge is -2.14. The first kappa shape index (κ1) is 21.8. The third-order valence-electron chi connectivity index (χ3n) is 4.61. The van der Waals surface area contributed by atoms with Crippen LogP contribution in [0.1, 0.15) is 23.0 Å². The van der Waals surface area contributed by atoms with Gasteiger partial charge in [-0.1, -0.05) is 29.8 Å². The number of ether oxygens (including phenoxy) is 2. The Morgan fingerprint density at radius 2 is 1.75 bits per heavy atom. The van der Waals surface area contributed by atoms with E-state index >= 15 is 0 Å². The number of nitrogens with zero attached hydrogens (tertiary/aromatic N) is 3. The minimum absolute atomic E-state index is 0.157. The van der Waals surface area contributed by atoms with E-state index in [9.17, 15) is 14.6 Å². The number of rotatable bonds is 8. The van der Waals surface area contributed by atoms with Crippen LogP contribution in [0.2, 0.25) is 5.02 Å². The van der Waals surface area contributed by atoms with Crippen LogP contribution < -0.4 is 9.47 Å². The minimum atomic E-state index is -1.62. The van der Waals surface area contributed by atoms with Gasteiger partial charge in [-0.05, 0) is 42.0 Å². The number of aromatic nitrogens is 3. The molecule has 7 nitrogen and oxygen atoms in total. The molecule has 164 valence electrons. The van der Waals surface area contributed by atoms with Crippen molar-refractivity contribution in [1.29, 1.82) is 0 Å². The van der Waals surface area contributed by atoms with Gasteiger partial charge in [0, 0.05) is 28.4 Å². The Hall–Kier alpha value is -3.46. The van der Waals surface area contributed by atoms with Gasteiger partial charge in [-0.2, -0.15) is 9.78 Å². The Kier molecular flexibility index (Phi) is 6.65. The van der Waals surface area contributed by atoms with Crippen molar-refractivity contribution in [2.75, 3.05) is 0 Å². The molecule has 9 heteroatoms. The quantitative estimate of drug-likeness (QED) is 0.387. The van der Waals surface area contributed by atoms with Crippen LogP contribution >= 0.6 is 11.6 Å². The summed E-state index contributed by atoms with van der Waals surface area (Å²) in [6.45, 7) is 0.398. The molecule has 2 aromatic carbocycles. The van der Waals surface area contributed by atoms with Crippen LogP contribution in [0, 0.1) is 5.82 Å². The van der Waals surface area contributed by atoms with E-state index in [1.54, 1.807) is 42.6 Å². The summed E-state index contributed by atoms with van der Waals surface area (Å²) in [5, 5.41) is 23.5. The summed E-state index contributed by atoms with van der Waals surface area (Å²) in [5.74, 6) is 1.01. The highest BCUT2D eigenvalue weighted by Gasteiger charge is 2.12. The van der Waals surface area contributed by atoms with Gasteiger partial charge in [-0.15, -0.1) is 0 Å². The van der Waals surface area contributed by atoms with Gasteiger partial charge in [-0.3, -0.25) is 0 Å². The smallest absolute Gasteiger partial charge is 0.218 e. The number of hydrogen-bond donors (Lipinski definition) is 2. The van der Waals surface area contributed by atoms with Crippen LogP contribution in [-0.4, -0.2) is 25.0 Å². The topological polar surface area (TPSA) is 89.6 Å². The fourth-order valence-corrected chi connectivity index (χ4v) is 3.12. The molecule has 0 radical (unpaired) electrons. The van der Waals surface area contributed by atoms with Crippen molar-refractivity contribution in [2.45, 2.75) is 19.5 Å². The Morgan fingerprint density at radius 1 is 0.938 bits per heavy atom. The van der Waals surface area contributed by atoms with E-state index in [1.165, 1.54) is 35.1 Å². The lowest BCUT2D eigenvalue weighted by Crippen LogP contribution is -2.07. The standard InChI is InChI=1S/C23H19ClFN3O4/c24-18-4-3-17(20(12-18)31-13-15-1-5-19(25)6-2-15)14-32-22-8-10-27-28(22)21-11-16(23(29)30)7-9-26-21/h1-12,23,29-30H,13-14H2. The van der Waals surface area contributed by atoms with Gasteiger partial charge in [0.25, 0.3) is 0 Å². The molecule has 0 aliphatic heterocycles. The maximum atomic E-state index is 13.1. The molecule has 0 bridgehead atoms. The molecule has 0 atom stereocenters. The Morgan fingerprint density at radius 3 is 2.53 bits per heavy atom. The zero-order valence-electron chi connectivity index (χ0n) is 16.7. The second-order valence-corrected chi connectivity index (χ2v) is 7.29. The summed E-state index contributed by atoms with van der Waals surface area (Å²) in [7, 11) is 0. The largest absolute Gasteiger partial charge is 0.488 e. The average molecular weight is 456 g/mol. The van der Waals surface area contributed by atoms with Crippen molar-refractivity contribution in [3.63, 3.8) is 0 Å². The highest BCUT2D eigenvalue weighted by atomic mass is 35.5. The van der Waals surface area contributed by atoms with Crippen molar-refractivity contribution in [3.05, 3.63) is 101 Å². The zero-order chi connectivity index (χ0) is 22.5. The molecule has 0 aliphatic rings. The summed E-state index contributed by atoms with van der Waals surface area (Å²) in [5.41, 5.74) is 1.84. The number of halogens is 2. The van der Waals surface area contributed by atoms with Crippen molar-refractivity contribution >= 4 is 11.6 Å². The highest BCUT2D eigenvalue weighted by molar-refractivity contribution is 6.30. The van der Waals surface area contributed by atoms with E-state index in [4.69, 9.17) is 21.1 Å². The Labute approximate surface area is 188 Å². The van der Waals surface area contributed by atoms with Crippen LogP contribution in [0.15, 0.2) is 73.1 Å². The molecule has 0 aliphatic carbocycles. The van der Waals surface area contributed by atoms with E-state index < -0.39 is 6.29 Å². The summed E-state index contributed by atoms with van der Waals surface area (Å²) >= 11 is 6.13. The first-order valence-electron chi connectivity index (χ1n) is 9.64. The van der Waals surface area contributed by atoms with Crippen molar-refractivity contribution in [3.8, 4) is 17.4 Å². The van der Waals surface area contributed by atoms with E-state index in [2.05, 4.69) is 10.1 Å². The molecule has 2 N–H and O–H groups in total. The maximum Gasteiger partial charge on any atom is 0.218 e. The molecule has 2 aromatic heterocycles. The summed E-state index contributed by atoms with van der Waals surface area (Å²) in [4.78, 5) is 4.21.